The van der Waals surface area contributed by atoms with Gasteiger partial charge in [-0.15, -0.1) is 0 Å². The molecule has 5 nitrogen and oxygen atoms in total. The number of rotatable bonds is 2. The molecule has 1 aliphatic heterocycles. The van der Waals surface area contributed by atoms with Crippen LogP contribution in [0.4, 0.5) is 5.69 Å². The molecule has 1 aromatic carbocycles. The maximum atomic E-state index is 9.34. The molecule has 0 saturated carbocycles. The highest BCUT2D eigenvalue weighted by Crippen LogP contribution is 2.24. The van der Waals surface area contributed by atoms with Gasteiger partial charge in [0.15, 0.2) is 0 Å². The summed E-state index contributed by atoms with van der Waals surface area (Å²) in [5.41, 5.74) is 2.75. The van der Waals surface area contributed by atoms with Crippen molar-refractivity contribution in [2.75, 3.05) is 32.1 Å². The molecule has 0 bridgehead atoms. The van der Waals surface area contributed by atoms with E-state index in [0.717, 1.165) is 24.1 Å². The summed E-state index contributed by atoms with van der Waals surface area (Å²) in [7, 11) is 4.30. The summed E-state index contributed by atoms with van der Waals surface area (Å²) < 4.78 is 0. The number of nitrogens with zero attached hydrogens (tertiary/aromatic N) is 4. The van der Waals surface area contributed by atoms with E-state index in [2.05, 4.69) is 46.0 Å². The lowest BCUT2D eigenvalue weighted by atomic mass is 10.0. The number of piperidine rings is 1. The fourth-order valence-corrected chi connectivity index (χ4v) is 2.83. The minimum absolute atomic E-state index is 0.0305. The molecule has 1 aromatic heterocycles. The normalized spacial score (nSPS) is 17.1. The summed E-state index contributed by atoms with van der Waals surface area (Å²) in [6.45, 7) is 2.14. The van der Waals surface area contributed by atoms with Crippen molar-refractivity contribution in [3.8, 4) is 5.88 Å². The van der Waals surface area contributed by atoms with Crippen LogP contribution >= 0.6 is 0 Å². The Hall–Kier alpha value is -1.88. The van der Waals surface area contributed by atoms with E-state index in [4.69, 9.17) is 0 Å². The van der Waals surface area contributed by atoms with Crippen LogP contribution in [0.5, 0.6) is 5.88 Å². The number of aromatic hydroxyl groups is 1. The maximum absolute atomic E-state index is 9.34. The van der Waals surface area contributed by atoms with Crippen LogP contribution in [0.1, 0.15) is 12.8 Å². The van der Waals surface area contributed by atoms with E-state index in [1.165, 1.54) is 24.7 Å². The number of fused-ring (bicyclic) bond motifs is 1. The molecule has 1 N–H and O–H groups in total. The molecule has 1 fully saturated rings. The minimum atomic E-state index is -0.0305. The maximum Gasteiger partial charge on any atom is 0.230 e. The highest BCUT2D eigenvalue weighted by Gasteiger charge is 2.20. The lowest BCUT2D eigenvalue weighted by Crippen LogP contribution is -2.41. The summed E-state index contributed by atoms with van der Waals surface area (Å²) in [5, 5.41) is 9.34. The Balaban J connectivity index is 1.79. The highest BCUT2D eigenvalue weighted by atomic mass is 16.3. The molecule has 0 radical (unpaired) electrons. The quantitative estimate of drug-likeness (QED) is 0.904. The van der Waals surface area contributed by atoms with Crippen molar-refractivity contribution >= 4 is 16.7 Å². The van der Waals surface area contributed by atoms with E-state index in [-0.39, 0.29) is 5.88 Å². The van der Waals surface area contributed by atoms with E-state index in [1.54, 1.807) is 0 Å². The van der Waals surface area contributed by atoms with Gasteiger partial charge in [-0.2, -0.15) is 0 Å². The Morgan fingerprint density at radius 3 is 2.65 bits per heavy atom. The van der Waals surface area contributed by atoms with Gasteiger partial charge in [-0.3, -0.25) is 0 Å². The van der Waals surface area contributed by atoms with Crippen LogP contribution in [0.25, 0.3) is 11.0 Å². The van der Waals surface area contributed by atoms with Crippen LogP contribution in [0, 0.1) is 0 Å². The van der Waals surface area contributed by atoms with Gasteiger partial charge in [-0.1, -0.05) is 0 Å². The van der Waals surface area contributed by atoms with Crippen molar-refractivity contribution < 1.29 is 5.11 Å². The van der Waals surface area contributed by atoms with Crippen molar-refractivity contribution in [2.24, 2.45) is 0 Å². The van der Waals surface area contributed by atoms with E-state index in [0.29, 0.717) is 6.04 Å². The lowest BCUT2D eigenvalue weighted by molar-refractivity contribution is 0.249. The first-order chi connectivity index (χ1) is 9.63. The average molecular weight is 272 g/mol. The average Bonchev–Trinajstić information content (AvgIpc) is 2.47. The van der Waals surface area contributed by atoms with Gasteiger partial charge >= 0.3 is 0 Å². The molecule has 5 heteroatoms. The molecule has 0 atom stereocenters. The lowest BCUT2D eigenvalue weighted by Gasteiger charge is -2.36. The number of benzene rings is 1. The third-order valence-electron chi connectivity index (χ3n) is 4.07. The van der Waals surface area contributed by atoms with E-state index >= 15 is 0 Å². The number of anilines is 1. The van der Waals surface area contributed by atoms with E-state index in [1.807, 2.05) is 6.07 Å². The largest absolute Gasteiger partial charge is 0.492 e. The van der Waals surface area contributed by atoms with Gasteiger partial charge in [0.2, 0.25) is 5.88 Å². The Morgan fingerprint density at radius 1 is 1.20 bits per heavy atom. The molecule has 0 aliphatic carbocycles. The van der Waals surface area contributed by atoms with Crippen molar-refractivity contribution in [1.82, 2.24) is 14.9 Å². The van der Waals surface area contributed by atoms with Gasteiger partial charge in [0.05, 0.1) is 17.2 Å². The molecular weight excluding hydrogens is 252 g/mol. The molecule has 0 unspecified atom stereocenters. The Bertz CT molecular complexity index is 606. The Kier molecular flexibility index (Phi) is 3.44. The van der Waals surface area contributed by atoms with Gasteiger partial charge in [0.1, 0.15) is 0 Å². The molecule has 3 rings (SSSR count). The highest BCUT2D eigenvalue weighted by molar-refractivity contribution is 5.79. The molecule has 1 aliphatic rings. The van der Waals surface area contributed by atoms with Gasteiger partial charge in [0, 0.05) is 24.8 Å². The zero-order chi connectivity index (χ0) is 14.1. The number of hydrogen-bond acceptors (Lipinski definition) is 5. The van der Waals surface area contributed by atoms with E-state index in [9.17, 15) is 5.11 Å². The van der Waals surface area contributed by atoms with Crippen LogP contribution in [0.2, 0.25) is 0 Å². The van der Waals surface area contributed by atoms with Crippen LogP contribution in [-0.4, -0.2) is 53.2 Å². The molecule has 0 spiro atoms. The molecule has 2 aromatic rings. The van der Waals surface area contributed by atoms with Crippen molar-refractivity contribution in [1.29, 1.82) is 0 Å². The number of aromatic nitrogens is 2. The first-order valence-electron chi connectivity index (χ1n) is 7.00. The molecule has 2 heterocycles. The summed E-state index contributed by atoms with van der Waals surface area (Å²) in [5.74, 6) is -0.0305. The van der Waals surface area contributed by atoms with Crippen LogP contribution in [0.3, 0.4) is 0 Å². The molecular formula is C15H20N4O. The Morgan fingerprint density at radius 2 is 1.95 bits per heavy atom. The standard InChI is InChI=1S/C15H20N4O/c1-18(2)11-5-7-19(8-6-11)12-3-4-13-14(9-12)16-10-15(20)17-13/h3-4,9-11H,5-8H2,1-2H3,(H,17,20). The Labute approximate surface area is 118 Å². The topological polar surface area (TPSA) is 52.5 Å². The zero-order valence-corrected chi connectivity index (χ0v) is 12.0. The van der Waals surface area contributed by atoms with Crippen molar-refractivity contribution in [3.63, 3.8) is 0 Å². The number of hydrogen-bond donors (Lipinski definition) is 1. The van der Waals surface area contributed by atoms with Gasteiger partial charge < -0.3 is 14.9 Å². The second-order valence-corrected chi connectivity index (χ2v) is 5.58. The summed E-state index contributed by atoms with van der Waals surface area (Å²) in [4.78, 5) is 13.0. The van der Waals surface area contributed by atoms with Crippen molar-refractivity contribution in [3.05, 3.63) is 24.4 Å². The predicted molar refractivity (Wildman–Crippen MR) is 80.1 cm³/mol. The predicted octanol–water partition coefficient (Wildman–Crippen LogP) is 1.87. The van der Waals surface area contributed by atoms with Gasteiger partial charge in [-0.25, -0.2) is 9.97 Å². The van der Waals surface area contributed by atoms with Gasteiger partial charge in [-0.05, 0) is 45.1 Å². The van der Waals surface area contributed by atoms with Gasteiger partial charge in [0.25, 0.3) is 0 Å². The molecule has 20 heavy (non-hydrogen) atoms. The van der Waals surface area contributed by atoms with Crippen LogP contribution in [-0.2, 0) is 0 Å². The monoisotopic (exact) mass is 272 g/mol. The van der Waals surface area contributed by atoms with Crippen LogP contribution < -0.4 is 4.90 Å². The first kappa shape index (κ1) is 13.1. The smallest absolute Gasteiger partial charge is 0.230 e. The third-order valence-corrected chi connectivity index (χ3v) is 4.07. The first-order valence-corrected chi connectivity index (χ1v) is 7.00. The fourth-order valence-electron chi connectivity index (χ4n) is 2.83. The summed E-state index contributed by atoms with van der Waals surface area (Å²) in [6.07, 6.45) is 3.77. The minimum Gasteiger partial charge on any atom is -0.492 e. The second-order valence-electron chi connectivity index (χ2n) is 5.58. The second kappa shape index (κ2) is 5.25. The molecule has 1 saturated heterocycles. The van der Waals surface area contributed by atoms with Crippen LogP contribution in [0.15, 0.2) is 24.4 Å². The summed E-state index contributed by atoms with van der Waals surface area (Å²) >= 11 is 0. The fraction of sp³-hybridized carbons (Fsp3) is 0.467. The van der Waals surface area contributed by atoms with E-state index < -0.39 is 0 Å². The summed E-state index contributed by atoms with van der Waals surface area (Å²) in [6, 6.07) is 6.73. The zero-order valence-electron chi connectivity index (χ0n) is 12.0. The molecule has 0 amide bonds. The molecule has 106 valence electrons. The third kappa shape index (κ3) is 2.54. The SMILES string of the molecule is CN(C)C1CCN(c2ccc3nc(O)cnc3c2)CC1. The van der Waals surface area contributed by atoms with Crippen molar-refractivity contribution in [2.45, 2.75) is 18.9 Å².